The Labute approximate surface area is 186 Å². The molecule has 1 amide bonds. The summed E-state index contributed by atoms with van der Waals surface area (Å²) in [6, 6.07) is 15.0. The van der Waals surface area contributed by atoms with Gasteiger partial charge in [0.1, 0.15) is 17.2 Å². The van der Waals surface area contributed by atoms with E-state index in [0.29, 0.717) is 34.5 Å². The van der Waals surface area contributed by atoms with Crippen LogP contribution in [-0.4, -0.2) is 39.5 Å². The number of benzene rings is 2. The molecule has 0 saturated carbocycles. The predicted molar refractivity (Wildman–Crippen MR) is 124 cm³/mol. The first-order valence-corrected chi connectivity index (χ1v) is 10.6. The second kappa shape index (κ2) is 9.22. The van der Waals surface area contributed by atoms with Crippen LogP contribution in [-0.2, 0) is 13.6 Å². The predicted octanol–water partition coefficient (Wildman–Crippen LogP) is 4.36. The van der Waals surface area contributed by atoms with Crippen LogP contribution >= 0.6 is 11.6 Å². The van der Waals surface area contributed by atoms with Crippen molar-refractivity contribution in [3.05, 3.63) is 76.4 Å². The van der Waals surface area contributed by atoms with Crippen LogP contribution in [0.3, 0.4) is 0 Å². The summed E-state index contributed by atoms with van der Waals surface area (Å²) in [6.07, 6.45) is 3.86. The maximum absolute atomic E-state index is 12.7. The first-order valence-electron chi connectivity index (χ1n) is 10.3. The second-order valence-electron chi connectivity index (χ2n) is 7.58. The Morgan fingerprint density at radius 3 is 2.45 bits per heavy atom. The van der Waals surface area contributed by atoms with E-state index < -0.39 is 0 Å². The second-order valence-corrected chi connectivity index (χ2v) is 8.02. The molecule has 31 heavy (non-hydrogen) atoms. The molecule has 8 heteroatoms. The molecule has 2 aromatic carbocycles. The maximum Gasteiger partial charge on any atom is 0.261 e. The number of hydrogen-bond donors (Lipinski definition) is 3. The Balaban J connectivity index is 1.40. The van der Waals surface area contributed by atoms with Gasteiger partial charge in [0.2, 0.25) is 0 Å². The van der Waals surface area contributed by atoms with Gasteiger partial charge in [-0.15, -0.1) is 0 Å². The average Bonchev–Trinajstić information content (AvgIpc) is 3.44. The maximum atomic E-state index is 12.7. The zero-order valence-electron chi connectivity index (χ0n) is 17.4. The summed E-state index contributed by atoms with van der Waals surface area (Å²) in [4.78, 5) is 14.8. The molecule has 1 aliphatic heterocycles. The summed E-state index contributed by atoms with van der Waals surface area (Å²) >= 11 is 5.90. The molecule has 3 N–H and O–H groups in total. The first kappa shape index (κ1) is 20.9. The van der Waals surface area contributed by atoms with Gasteiger partial charge in [-0.25, -0.2) is 0 Å². The van der Waals surface area contributed by atoms with Crippen LogP contribution in [0.25, 0.3) is 0 Å². The van der Waals surface area contributed by atoms with E-state index in [-0.39, 0.29) is 5.91 Å². The summed E-state index contributed by atoms with van der Waals surface area (Å²) in [5.41, 5.74) is 3.11. The van der Waals surface area contributed by atoms with Gasteiger partial charge in [-0.1, -0.05) is 35.9 Å². The highest BCUT2D eigenvalue weighted by atomic mass is 35.5. The van der Waals surface area contributed by atoms with Crippen molar-refractivity contribution in [3.63, 3.8) is 0 Å². The SMILES string of the molecule is Cn1ncc(C(=O)Nc2ccc(Cl)cc2)c1NCc1ccc(C(=N)N2CCCC2)cc1. The smallest absolute Gasteiger partial charge is 0.261 e. The number of aromatic nitrogens is 2. The van der Waals surface area contributed by atoms with E-state index in [4.69, 9.17) is 17.0 Å². The lowest BCUT2D eigenvalue weighted by Crippen LogP contribution is -2.27. The van der Waals surface area contributed by atoms with E-state index in [1.54, 1.807) is 42.2 Å². The highest BCUT2D eigenvalue weighted by molar-refractivity contribution is 6.30. The number of amides is 1. The summed E-state index contributed by atoms with van der Waals surface area (Å²) < 4.78 is 1.65. The van der Waals surface area contributed by atoms with Gasteiger partial charge in [0.25, 0.3) is 5.91 Å². The van der Waals surface area contributed by atoms with E-state index in [9.17, 15) is 4.79 Å². The lowest BCUT2D eigenvalue weighted by atomic mass is 10.1. The molecule has 160 valence electrons. The van der Waals surface area contributed by atoms with Crippen molar-refractivity contribution < 1.29 is 4.79 Å². The number of carbonyl (C=O) groups excluding carboxylic acids is 1. The minimum Gasteiger partial charge on any atom is -0.366 e. The molecule has 1 aromatic heterocycles. The molecule has 1 aliphatic rings. The Morgan fingerprint density at radius 2 is 1.77 bits per heavy atom. The summed E-state index contributed by atoms with van der Waals surface area (Å²) in [5.74, 6) is 0.984. The van der Waals surface area contributed by atoms with Crippen molar-refractivity contribution in [2.75, 3.05) is 23.7 Å². The highest BCUT2D eigenvalue weighted by Crippen LogP contribution is 2.20. The number of likely N-dealkylation sites (tertiary alicyclic amines) is 1. The Kier molecular flexibility index (Phi) is 6.23. The number of aryl methyl sites for hydroxylation is 1. The number of hydrogen-bond acceptors (Lipinski definition) is 4. The third-order valence-corrected chi connectivity index (χ3v) is 5.65. The lowest BCUT2D eigenvalue weighted by molar-refractivity contribution is 0.102. The standard InChI is InChI=1S/C23H25ClN6O/c1-29-22(20(15-27-29)23(31)28-19-10-8-18(24)9-11-19)26-14-16-4-6-17(7-5-16)21(25)30-12-2-3-13-30/h4-11,15,25-26H,2-3,12-14H2,1H3,(H,28,31). The summed E-state index contributed by atoms with van der Waals surface area (Å²) in [5, 5.41) is 19.4. The third kappa shape index (κ3) is 4.88. The number of rotatable bonds is 6. The average molecular weight is 437 g/mol. The van der Waals surface area contributed by atoms with Crippen molar-refractivity contribution in [1.29, 1.82) is 5.41 Å². The number of nitrogens with one attached hydrogen (secondary N) is 3. The van der Waals surface area contributed by atoms with Crippen molar-refractivity contribution in [2.24, 2.45) is 7.05 Å². The van der Waals surface area contributed by atoms with E-state index in [0.717, 1.165) is 37.1 Å². The number of anilines is 2. The molecule has 2 heterocycles. The Hall–Kier alpha value is -3.32. The quantitative estimate of drug-likeness (QED) is 0.396. The zero-order valence-corrected chi connectivity index (χ0v) is 18.1. The number of carbonyl (C=O) groups is 1. The van der Waals surface area contributed by atoms with Gasteiger partial charge >= 0.3 is 0 Å². The Bertz CT molecular complexity index is 1070. The number of nitrogens with zero attached hydrogens (tertiary/aromatic N) is 3. The lowest BCUT2D eigenvalue weighted by Gasteiger charge is -2.18. The molecule has 0 atom stereocenters. The van der Waals surface area contributed by atoms with Crippen LogP contribution in [0.4, 0.5) is 11.5 Å². The van der Waals surface area contributed by atoms with Gasteiger partial charge in [0.05, 0.1) is 6.20 Å². The molecule has 0 bridgehead atoms. The summed E-state index contributed by atoms with van der Waals surface area (Å²) in [6.45, 7) is 2.46. The monoisotopic (exact) mass is 436 g/mol. The van der Waals surface area contributed by atoms with Gasteiger partial charge in [-0.3, -0.25) is 14.9 Å². The van der Waals surface area contributed by atoms with Crippen molar-refractivity contribution >= 4 is 34.8 Å². The van der Waals surface area contributed by atoms with Crippen LogP contribution in [0.1, 0.15) is 34.3 Å². The summed E-state index contributed by atoms with van der Waals surface area (Å²) in [7, 11) is 1.79. The fourth-order valence-corrected chi connectivity index (χ4v) is 3.76. The fraction of sp³-hybridized carbons (Fsp3) is 0.261. The van der Waals surface area contributed by atoms with E-state index in [2.05, 4.69) is 20.6 Å². The van der Waals surface area contributed by atoms with Crippen molar-refractivity contribution in [3.8, 4) is 0 Å². The molecule has 0 aliphatic carbocycles. The molecule has 1 saturated heterocycles. The topological polar surface area (TPSA) is 86.0 Å². The molecular weight excluding hydrogens is 412 g/mol. The van der Waals surface area contributed by atoms with Crippen LogP contribution in [0.2, 0.25) is 5.02 Å². The van der Waals surface area contributed by atoms with E-state index in [1.807, 2.05) is 24.3 Å². The number of halogens is 1. The van der Waals surface area contributed by atoms with Crippen LogP contribution in [0, 0.1) is 5.41 Å². The van der Waals surface area contributed by atoms with Gasteiger partial charge in [0, 0.05) is 43.0 Å². The normalized spacial score (nSPS) is 13.3. The van der Waals surface area contributed by atoms with E-state index >= 15 is 0 Å². The van der Waals surface area contributed by atoms with Crippen molar-refractivity contribution in [2.45, 2.75) is 19.4 Å². The third-order valence-electron chi connectivity index (χ3n) is 5.40. The minimum absolute atomic E-state index is 0.243. The minimum atomic E-state index is -0.243. The van der Waals surface area contributed by atoms with Crippen LogP contribution in [0.15, 0.2) is 54.7 Å². The van der Waals surface area contributed by atoms with Crippen LogP contribution < -0.4 is 10.6 Å². The zero-order chi connectivity index (χ0) is 21.8. The molecule has 0 radical (unpaired) electrons. The Morgan fingerprint density at radius 1 is 1.10 bits per heavy atom. The molecule has 4 rings (SSSR count). The molecule has 1 fully saturated rings. The number of amidine groups is 1. The molecular formula is C23H25ClN6O. The van der Waals surface area contributed by atoms with Gasteiger partial charge in [0.15, 0.2) is 0 Å². The molecule has 0 spiro atoms. The fourth-order valence-electron chi connectivity index (χ4n) is 3.63. The molecule has 3 aromatic rings. The van der Waals surface area contributed by atoms with Gasteiger partial charge in [-0.05, 0) is 42.7 Å². The van der Waals surface area contributed by atoms with Gasteiger partial charge in [-0.2, -0.15) is 5.10 Å². The molecule has 0 unspecified atom stereocenters. The first-order chi connectivity index (χ1) is 15.0. The molecule has 7 nitrogen and oxygen atoms in total. The van der Waals surface area contributed by atoms with Gasteiger partial charge < -0.3 is 15.5 Å². The van der Waals surface area contributed by atoms with Crippen LogP contribution in [0.5, 0.6) is 0 Å². The van der Waals surface area contributed by atoms with E-state index in [1.165, 1.54) is 0 Å². The highest BCUT2D eigenvalue weighted by Gasteiger charge is 2.18. The largest absolute Gasteiger partial charge is 0.366 e. The van der Waals surface area contributed by atoms with Crippen molar-refractivity contribution in [1.82, 2.24) is 14.7 Å².